The van der Waals surface area contributed by atoms with Gasteiger partial charge in [-0.15, -0.1) is 0 Å². The summed E-state index contributed by atoms with van der Waals surface area (Å²) in [5.74, 6) is 4.37. The Bertz CT molecular complexity index is 359. The van der Waals surface area contributed by atoms with Gasteiger partial charge in [-0.2, -0.15) is 0 Å². The van der Waals surface area contributed by atoms with Crippen molar-refractivity contribution in [1.82, 2.24) is 5.32 Å². The average molecular weight is 290 g/mol. The van der Waals surface area contributed by atoms with Gasteiger partial charge in [0.15, 0.2) is 0 Å². The summed E-state index contributed by atoms with van der Waals surface area (Å²) in [6, 6.07) is 0.815. The second kappa shape index (κ2) is 4.98. The molecule has 1 N–H and O–H groups in total. The molecule has 2 unspecified atom stereocenters. The van der Waals surface area contributed by atoms with Gasteiger partial charge in [-0.3, -0.25) is 0 Å². The monoisotopic (exact) mass is 289 g/mol. The van der Waals surface area contributed by atoms with Gasteiger partial charge in [0.1, 0.15) is 0 Å². The van der Waals surface area contributed by atoms with Gasteiger partial charge in [0.05, 0.1) is 0 Å². The van der Waals surface area contributed by atoms with E-state index in [1.54, 1.807) is 38.5 Å². The van der Waals surface area contributed by atoms with Gasteiger partial charge in [-0.25, -0.2) is 0 Å². The summed E-state index contributed by atoms with van der Waals surface area (Å²) in [5.41, 5.74) is 1.40. The van der Waals surface area contributed by atoms with Crippen LogP contribution >= 0.6 is 0 Å². The topological polar surface area (TPSA) is 12.0 Å². The summed E-state index contributed by atoms with van der Waals surface area (Å²) in [7, 11) is 0. The highest BCUT2D eigenvalue weighted by molar-refractivity contribution is 5.15. The SMILES string of the molecule is CCNC1CC(C23CC4CC(CC(C4)C2)C3)C1(CC)CC. The van der Waals surface area contributed by atoms with Gasteiger partial charge >= 0.3 is 0 Å². The normalized spacial score (nSPS) is 50.1. The van der Waals surface area contributed by atoms with E-state index in [4.69, 9.17) is 0 Å². The summed E-state index contributed by atoms with van der Waals surface area (Å²) in [5, 5.41) is 3.84. The van der Waals surface area contributed by atoms with E-state index in [2.05, 4.69) is 26.1 Å². The molecule has 0 aliphatic heterocycles. The van der Waals surface area contributed by atoms with E-state index in [0.717, 1.165) is 41.7 Å². The summed E-state index contributed by atoms with van der Waals surface area (Å²) in [4.78, 5) is 0. The zero-order valence-electron chi connectivity index (χ0n) is 14.5. The smallest absolute Gasteiger partial charge is 0.0129 e. The van der Waals surface area contributed by atoms with Crippen molar-refractivity contribution in [2.45, 2.75) is 84.6 Å². The van der Waals surface area contributed by atoms with Crippen molar-refractivity contribution in [3.05, 3.63) is 0 Å². The predicted octanol–water partition coefficient (Wildman–Crippen LogP) is 5.01. The molecule has 5 rings (SSSR count). The fourth-order valence-corrected chi connectivity index (χ4v) is 8.02. The highest BCUT2D eigenvalue weighted by Gasteiger charge is 2.64. The fraction of sp³-hybridized carbons (Fsp3) is 1.00. The van der Waals surface area contributed by atoms with Crippen LogP contribution in [0.2, 0.25) is 0 Å². The van der Waals surface area contributed by atoms with Crippen LogP contribution in [0.3, 0.4) is 0 Å². The minimum absolute atomic E-state index is 0.627. The van der Waals surface area contributed by atoms with Crippen LogP contribution < -0.4 is 5.32 Å². The minimum Gasteiger partial charge on any atom is -0.314 e. The largest absolute Gasteiger partial charge is 0.314 e. The molecular weight excluding hydrogens is 254 g/mol. The first-order valence-electron chi connectivity index (χ1n) is 9.89. The molecule has 1 heteroatoms. The molecular formula is C20H35N. The van der Waals surface area contributed by atoms with Crippen molar-refractivity contribution in [2.75, 3.05) is 6.54 Å². The molecule has 5 aliphatic rings. The van der Waals surface area contributed by atoms with Crippen molar-refractivity contribution in [2.24, 2.45) is 34.5 Å². The van der Waals surface area contributed by atoms with E-state index in [1.807, 2.05) is 0 Å². The third-order valence-electron chi connectivity index (χ3n) is 8.45. The second-order valence-corrected chi connectivity index (χ2v) is 9.12. The number of hydrogen-bond donors (Lipinski definition) is 1. The van der Waals surface area contributed by atoms with Crippen LogP contribution in [-0.2, 0) is 0 Å². The quantitative estimate of drug-likeness (QED) is 0.750. The van der Waals surface area contributed by atoms with Gasteiger partial charge in [0, 0.05) is 6.04 Å². The Balaban J connectivity index is 1.61. The van der Waals surface area contributed by atoms with Crippen LogP contribution in [0, 0.1) is 34.5 Å². The molecule has 0 heterocycles. The maximum absolute atomic E-state index is 3.84. The molecule has 1 nitrogen and oxygen atoms in total. The molecule has 5 fully saturated rings. The van der Waals surface area contributed by atoms with Crippen molar-refractivity contribution in [3.8, 4) is 0 Å². The molecule has 0 saturated heterocycles. The maximum Gasteiger partial charge on any atom is 0.0129 e. The molecule has 0 amide bonds. The van der Waals surface area contributed by atoms with Crippen LogP contribution in [0.15, 0.2) is 0 Å². The van der Waals surface area contributed by atoms with Crippen LogP contribution in [0.4, 0.5) is 0 Å². The molecule has 0 spiro atoms. The molecule has 120 valence electrons. The van der Waals surface area contributed by atoms with E-state index >= 15 is 0 Å². The van der Waals surface area contributed by atoms with Gasteiger partial charge < -0.3 is 5.32 Å². The standard InChI is InChI=1S/C20H35N/c1-4-20(5-2)17(10-18(20)21-6-3)19-11-14-7-15(12-19)9-16(8-14)13-19/h14-18,21H,4-13H2,1-3H3. The van der Waals surface area contributed by atoms with Crippen LogP contribution in [0.1, 0.15) is 78.6 Å². The highest BCUT2D eigenvalue weighted by atomic mass is 15.0. The Kier molecular flexibility index (Phi) is 3.45. The molecule has 5 saturated carbocycles. The maximum atomic E-state index is 3.84. The zero-order valence-corrected chi connectivity index (χ0v) is 14.5. The van der Waals surface area contributed by atoms with Crippen molar-refractivity contribution in [1.29, 1.82) is 0 Å². The Morgan fingerprint density at radius 1 is 0.810 bits per heavy atom. The van der Waals surface area contributed by atoms with Crippen molar-refractivity contribution >= 4 is 0 Å². The Labute approximate surface area is 131 Å². The molecule has 0 radical (unpaired) electrons. The summed E-state index contributed by atoms with van der Waals surface area (Å²) in [6.45, 7) is 8.38. The number of hydrogen-bond acceptors (Lipinski definition) is 1. The number of rotatable bonds is 5. The minimum atomic E-state index is 0.627. The van der Waals surface area contributed by atoms with Gasteiger partial charge in [-0.1, -0.05) is 20.8 Å². The van der Waals surface area contributed by atoms with Crippen LogP contribution in [-0.4, -0.2) is 12.6 Å². The zero-order chi connectivity index (χ0) is 14.7. The number of nitrogens with one attached hydrogen (secondary N) is 1. The fourth-order valence-electron chi connectivity index (χ4n) is 8.02. The summed E-state index contributed by atoms with van der Waals surface area (Å²) in [6.07, 6.45) is 13.9. The highest BCUT2D eigenvalue weighted by Crippen LogP contribution is 2.70. The van der Waals surface area contributed by atoms with E-state index in [0.29, 0.717) is 5.41 Å². The summed E-state index contributed by atoms with van der Waals surface area (Å²) < 4.78 is 0. The Morgan fingerprint density at radius 3 is 1.76 bits per heavy atom. The summed E-state index contributed by atoms with van der Waals surface area (Å²) >= 11 is 0. The van der Waals surface area contributed by atoms with Gasteiger partial charge in [-0.05, 0) is 98.8 Å². The Hall–Kier alpha value is -0.0400. The molecule has 0 aromatic heterocycles. The van der Waals surface area contributed by atoms with Crippen molar-refractivity contribution in [3.63, 3.8) is 0 Å². The van der Waals surface area contributed by atoms with Gasteiger partial charge in [0.2, 0.25) is 0 Å². The second-order valence-electron chi connectivity index (χ2n) is 9.12. The molecule has 0 aromatic carbocycles. The van der Waals surface area contributed by atoms with E-state index in [-0.39, 0.29) is 0 Å². The predicted molar refractivity (Wildman–Crippen MR) is 89.2 cm³/mol. The lowest BCUT2D eigenvalue weighted by atomic mass is 9.37. The lowest BCUT2D eigenvalue weighted by molar-refractivity contribution is -0.180. The lowest BCUT2D eigenvalue weighted by Gasteiger charge is -2.69. The molecule has 5 aliphatic carbocycles. The molecule has 21 heavy (non-hydrogen) atoms. The van der Waals surface area contributed by atoms with Gasteiger partial charge in [0.25, 0.3) is 0 Å². The van der Waals surface area contributed by atoms with Crippen molar-refractivity contribution < 1.29 is 0 Å². The van der Waals surface area contributed by atoms with Crippen LogP contribution in [0.25, 0.3) is 0 Å². The van der Waals surface area contributed by atoms with E-state index in [9.17, 15) is 0 Å². The van der Waals surface area contributed by atoms with E-state index < -0.39 is 0 Å². The molecule has 2 atom stereocenters. The molecule has 0 aromatic rings. The third kappa shape index (κ3) is 1.92. The average Bonchev–Trinajstić information content (AvgIpc) is 2.43. The first-order valence-corrected chi connectivity index (χ1v) is 9.89. The first-order chi connectivity index (χ1) is 10.2. The van der Waals surface area contributed by atoms with E-state index in [1.165, 1.54) is 19.3 Å². The third-order valence-corrected chi connectivity index (χ3v) is 8.45. The lowest BCUT2D eigenvalue weighted by Crippen LogP contribution is -2.66. The Morgan fingerprint density at radius 2 is 1.33 bits per heavy atom. The first kappa shape index (κ1) is 14.5. The molecule has 4 bridgehead atoms. The van der Waals surface area contributed by atoms with Crippen LogP contribution in [0.5, 0.6) is 0 Å².